The van der Waals surface area contributed by atoms with E-state index in [4.69, 9.17) is 11.6 Å². The Labute approximate surface area is 60.9 Å². The molecule has 0 saturated carbocycles. The Kier molecular flexibility index (Phi) is 3.99. The molecule has 10 heavy (non-hydrogen) atoms. The van der Waals surface area contributed by atoms with Gasteiger partial charge in [0, 0.05) is 0 Å². The van der Waals surface area contributed by atoms with Crippen LogP contribution in [0.5, 0.6) is 0 Å². The third-order valence-electron chi connectivity index (χ3n) is 1.70. The minimum atomic E-state index is -0.477. The lowest BCUT2D eigenvalue weighted by Gasteiger charge is -2.15. The normalized spacial score (nSPS) is 16.0. The maximum Gasteiger partial charge on any atom is 0.251 e. The zero-order valence-corrected chi connectivity index (χ0v) is 6.42. The van der Waals surface area contributed by atoms with Gasteiger partial charge in [-0.25, -0.2) is 5.84 Å². The molecule has 0 aromatic carbocycles. The lowest BCUT2D eigenvalue weighted by molar-refractivity contribution is -0.123. The summed E-state index contributed by atoms with van der Waals surface area (Å²) in [5.74, 6) is 4.77. The third-order valence-corrected chi connectivity index (χ3v) is 1.70. The van der Waals surface area contributed by atoms with Crippen molar-refractivity contribution in [2.75, 3.05) is 0 Å². The number of nitrogens with one attached hydrogen (secondary N) is 1. The van der Waals surface area contributed by atoms with Crippen LogP contribution in [0, 0.1) is 5.92 Å². The molecule has 0 bridgehead atoms. The Morgan fingerprint density at radius 1 is 1.70 bits per heavy atom. The summed E-state index contributed by atoms with van der Waals surface area (Å²) < 4.78 is 0. The molecular weight excluding hydrogens is 130 g/mol. The average Bonchev–Trinajstić information content (AvgIpc) is 2.00. The number of rotatable bonds is 3. The van der Waals surface area contributed by atoms with Gasteiger partial charge >= 0.3 is 0 Å². The van der Waals surface area contributed by atoms with Gasteiger partial charge in [-0.2, -0.15) is 0 Å². The minimum absolute atomic E-state index is 0.184. The summed E-state index contributed by atoms with van der Waals surface area (Å²) in [7, 11) is 0. The predicted molar refractivity (Wildman–Crippen MR) is 39.8 cm³/mol. The van der Waals surface area contributed by atoms with Crippen molar-refractivity contribution in [1.82, 2.24) is 5.43 Å². The lowest BCUT2D eigenvalue weighted by Crippen LogP contribution is -2.47. The van der Waals surface area contributed by atoms with Gasteiger partial charge in [0.2, 0.25) is 0 Å². The van der Waals surface area contributed by atoms with E-state index in [0.717, 1.165) is 6.42 Å². The van der Waals surface area contributed by atoms with E-state index in [-0.39, 0.29) is 11.8 Å². The molecule has 0 fully saturated rings. The molecule has 0 aromatic heterocycles. The summed E-state index contributed by atoms with van der Waals surface area (Å²) in [5.41, 5.74) is 7.51. The predicted octanol–water partition coefficient (Wildman–Crippen LogP) is -0.650. The van der Waals surface area contributed by atoms with Gasteiger partial charge in [-0.15, -0.1) is 0 Å². The van der Waals surface area contributed by atoms with Crippen molar-refractivity contribution >= 4 is 5.91 Å². The van der Waals surface area contributed by atoms with Crippen LogP contribution in [0.3, 0.4) is 0 Å². The van der Waals surface area contributed by atoms with Gasteiger partial charge in [0.1, 0.15) is 0 Å². The number of carbonyl (C=O) groups is 1. The smallest absolute Gasteiger partial charge is 0.251 e. The Morgan fingerprint density at radius 2 is 2.20 bits per heavy atom. The van der Waals surface area contributed by atoms with Crippen LogP contribution >= 0.6 is 0 Å². The third kappa shape index (κ3) is 2.33. The van der Waals surface area contributed by atoms with Gasteiger partial charge in [-0.3, -0.25) is 10.2 Å². The molecule has 0 aliphatic rings. The minimum Gasteiger partial charge on any atom is -0.320 e. The van der Waals surface area contributed by atoms with Gasteiger partial charge in [0.15, 0.2) is 0 Å². The number of nitrogens with two attached hydrogens (primary N) is 2. The second-order valence-corrected chi connectivity index (χ2v) is 2.42. The Morgan fingerprint density at radius 3 is 2.50 bits per heavy atom. The van der Waals surface area contributed by atoms with Gasteiger partial charge in [0.05, 0.1) is 6.04 Å². The zero-order valence-electron chi connectivity index (χ0n) is 6.42. The molecule has 0 saturated heterocycles. The van der Waals surface area contributed by atoms with Crippen molar-refractivity contribution in [3.63, 3.8) is 0 Å². The van der Waals surface area contributed by atoms with Crippen LogP contribution < -0.4 is 17.0 Å². The molecule has 4 heteroatoms. The Balaban J connectivity index is 3.81. The fourth-order valence-electron chi connectivity index (χ4n) is 0.609. The highest BCUT2D eigenvalue weighted by Gasteiger charge is 2.17. The topological polar surface area (TPSA) is 81.1 Å². The fourth-order valence-corrected chi connectivity index (χ4v) is 0.609. The number of hydrazine groups is 1. The van der Waals surface area contributed by atoms with Gasteiger partial charge in [-0.1, -0.05) is 20.3 Å². The summed E-state index contributed by atoms with van der Waals surface area (Å²) in [4.78, 5) is 10.8. The molecule has 0 spiro atoms. The first kappa shape index (κ1) is 9.39. The molecule has 4 nitrogen and oxygen atoms in total. The van der Waals surface area contributed by atoms with Crippen LogP contribution in [0.2, 0.25) is 0 Å². The molecule has 0 aliphatic heterocycles. The quantitative estimate of drug-likeness (QED) is 0.280. The monoisotopic (exact) mass is 145 g/mol. The van der Waals surface area contributed by atoms with Crippen LogP contribution in [0.25, 0.3) is 0 Å². The van der Waals surface area contributed by atoms with Crippen molar-refractivity contribution < 1.29 is 4.79 Å². The second kappa shape index (κ2) is 4.24. The van der Waals surface area contributed by atoms with E-state index in [0.29, 0.717) is 0 Å². The van der Waals surface area contributed by atoms with E-state index in [1.165, 1.54) is 0 Å². The Hall–Kier alpha value is -0.610. The molecule has 2 atom stereocenters. The number of amides is 1. The maximum absolute atomic E-state index is 10.8. The highest BCUT2D eigenvalue weighted by Crippen LogP contribution is 2.04. The first-order valence-corrected chi connectivity index (χ1v) is 3.39. The summed E-state index contributed by atoms with van der Waals surface area (Å²) in [5, 5.41) is 0. The van der Waals surface area contributed by atoms with Crippen LogP contribution in [-0.4, -0.2) is 11.9 Å². The summed E-state index contributed by atoms with van der Waals surface area (Å²) in [6.45, 7) is 3.90. The number of hydrogen-bond donors (Lipinski definition) is 3. The van der Waals surface area contributed by atoms with Crippen LogP contribution in [0.15, 0.2) is 0 Å². The highest BCUT2D eigenvalue weighted by atomic mass is 16.2. The van der Waals surface area contributed by atoms with E-state index >= 15 is 0 Å². The largest absolute Gasteiger partial charge is 0.320 e. The molecule has 0 unspecified atom stereocenters. The molecule has 0 radical (unpaired) electrons. The second-order valence-electron chi connectivity index (χ2n) is 2.42. The van der Waals surface area contributed by atoms with Crippen molar-refractivity contribution in [3.8, 4) is 0 Å². The van der Waals surface area contributed by atoms with E-state index < -0.39 is 6.04 Å². The van der Waals surface area contributed by atoms with Gasteiger partial charge < -0.3 is 5.73 Å². The molecule has 0 aliphatic carbocycles. The van der Waals surface area contributed by atoms with Crippen molar-refractivity contribution in [2.24, 2.45) is 17.5 Å². The van der Waals surface area contributed by atoms with Crippen molar-refractivity contribution in [2.45, 2.75) is 26.3 Å². The van der Waals surface area contributed by atoms with Crippen LogP contribution in [-0.2, 0) is 4.79 Å². The standard InChI is InChI=1S/C6H15N3O/c1-3-4(2)5(7)6(10)9-8/h4-5H,3,7-8H2,1-2H3,(H,9,10)/t4-,5+/m1/s1. The number of hydrogen-bond acceptors (Lipinski definition) is 3. The first-order chi connectivity index (χ1) is 4.63. The van der Waals surface area contributed by atoms with Crippen molar-refractivity contribution in [1.29, 1.82) is 0 Å². The molecule has 60 valence electrons. The summed E-state index contributed by atoms with van der Waals surface area (Å²) in [6.07, 6.45) is 0.884. The van der Waals surface area contributed by atoms with E-state index in [1.54, 1.807) is 0 Å². The summed E-state index contributed by atoms with van der Waals surface area (Å²) in [6, 6.07) is -0.477. The van der Waals surface area contributed by atoms with Crippen LogP contribution in [0.4, 0.5) is 0 Å². The zero-order chi connectivity index (χ0) is 8.15. The average molecular weight is 145 g/mol. The number of carbonyl (C=O) groups excluding carboxylic acids is 1. The lowest BCUT2D eigenvalue weighted by atomic mass is 10.00. The Bertz CT molecular complexity index is 116. The SMILES string of the molecule is CC[C@@H](C)[C@H](N)C(=O)NN. The highest BCUT2D eigenvalue weighted by molar-refractivity contribution is 5.81. The first-order valence-electron chi connectivity index (χ1n) is 3.39. The van der Waals surface area contributed by atoms with Crippen molar-refractivity contribution in [3.05, 3.63) is 0 Å². The van der Waals surface area contributed by atoms with Gasteiger partial charge in [-0.05, 0) is 5.92 Å². The van der Waals surface area contributed by atoms with E-state index in [1.807, 2.05) is 19.3 Å². The van der Waals surface area contributed by atoms with Crippen LogP contribution in [0.1, 0.15) is 20.3 Å². The van der Waals surface area contributed by atoms with E-state index in [2.05, 4.69) is 0 Å². The summed E-state index contributed by atoms with van der Waals surface area (Å²) >= 11 is 0. The molecule has 1 amide bonds. The molecule has 0 aromatic rings. The fraction of sp³-hybridized carbons (Fsp3) is 0.833. The molecule has 0 rings (SSSR count). The maximum atomic E-state index is 10.8. The van der Waals surface area contributed by atoms with E-state index in [9.17, 15) is 4.79 Å². The molecule has 5 N–H and O–H groups in total. The molecular formula is C6H15N3O. The molecule has 0 heterocycles. The van der Waals surface area contributed by atoms with Gasteiger partial charge in [0.25, 0.3) is 5.91 Å².